The summed E-state index contributed by atoms with van der Waals surface area (Å²) in [6, 6.07) is 7.03. The summed E-state index contributed by atoms with van der Waals surface area (Å²) in [5, 5.41) is 0. The minimum absolute atomic E-state index is 0.345. The van der Waals surface area contributed by atoms with E-state index in [0.717, 1.165) is 25.1 Å². The fraction of sp³-hybridized carbons (Fsp3) is 0.600. The van der Waals surface area contributed by atoms with Gasteiger partial charge in [-0.15, -0.1) is 0 Å². The van der Waals surface area contributed by atoms with Gasteiger partial charge in [0.25, 0.3) is 0 Å². The normalized spacial score (nSPS) is 29.4. The Morgan fingerprint density at radius 1 is 1.40 bits per heavy atom. The topological polar surface area (TPSA) is 68.5 Å². The Labute approximate surface area is 119 Å². The van der Waals surface area contributed by atoms with Crippen LogP contribution in [0.5, 0.6) is 0 Å². The molecule has 2 aliphatic rings. The van der Waals surface area contributed by atoms with E-state index < -0.39 is 0 Å². The Kier molecular flexibility index (Phi) is 3.72. The first-order valence-electron chi connectivity index (χ1n) is 7.23. The van der Waals surface area contributed by atoms with E-state index in [0.29, 0.717) is 23.8 Å². The quantitative estimate of drug-likeness (QED) is 0.843. The predicted molar refractivity (Wildman–Crippen MR) is 75.1 cm³/mol. The summed E-state index contributed by atoms with van der Waals surface area (Å²) in [5.41, 5.74) is 7.40. The van der Waals surface area contributed by atoms with Gasteiger partial charge in [0.15, 0.2) is 0 Å². The molecular weight excluding hydrogens is 254 g/mol. The zero-order valence-electron chi connectivity index (χ0n) is 11.8. The lowest BCUT2D eigenvalue weighted by Crippen LogP contribution is -2.46. The molecule has 1 aromatic heterocycles. The Balaban J connectivity index is 1.74. The molecule has 2 atom stereocenters. The first-order valence-corrected chi connectivity index (χ1v) is 7.23. The number of hydrogen-bond donors (Lipinski definition) is 1. The number of carbonyl (C=O) groups is 1. The zero-order valence-corrected chi connectivity index (χ0v) is 11.8. The van der Waals surface area contributed by atoms with Gasteiger partial charge >= 0.3 is 5.97 Å². The molecule has 0 saturated carbocycles. The predicted octanol–water partition coefficient (Wildman–Crippen LogP) is 1.32. The van der Waals surface area contributed by atoms with Crippen LogP contribution in [-0.2, 0) is 11.3 Å². The molecule has 5 heteroatoms. The van der Waals surface area contributed by atoms with Crippen molar-refractivity contribution in [1.29, 1.82) is 0 Å². The number of methoxy groups -OCH3 is 1. The lowest BCUT2D eigenvalue weighted by molar-refractivity contribution is 0.0593. The van der Waals surface area contributed by atoms with Crippen molar-refractivity contribution < 1.29 is 9.53 Å². The fourth-order valence-corrected chi connectivity index (χ4v) is 3.55. The highest BCUT2D eigenvalue weighted by molar-refractivity contribution is 5.87. The molecule has 108 valence electrons. The van der Waals surface area contributed by atoms with Crippen molar-refractivity contribution in [2.75, 3.05) is 7.11 Å². The molecule has 2 saturated heterocycles. The number of pyridine rings is 1. The largest absolute Gasteiger partial charge is 0.464 e. The molecule has 0 amide bonds. The Hall–Kier alpha value is -1.46. The summed E-state index contributed by atoms with van der Waals surface area (Å²) >= 11 is 0. The van der Waals surface area contributed by atoms with E-state index in [2.05, 4.69) is 9.88 Å². The number of aromatic nitrogens is 1. The minimum Gasteiger partial charge on any atom is -0.464 e. The number of hydrogen-bond acceptors (Lipinski definition) is 5. The standard InChI is InChI=1S/C15H21N3O2/c1-20-15(19)14-4-2-3-11(17-14)9-18-12-5-6-13(18)8-10(16)7-12/h2-4,10,12-13H,5-9,16H2,1H3. The van der Waals surface area contributed by atoms with Gasteiger partial charge in [0.1, 0.15) is 5.69 Å². The maximum absolute atomic E-state index is 11.5. The van der Waals surface area contributed by atoms with Crippen LogP contribution in [0.1, 0.15) is 41.9 Å². The molecule has 2 fully saturated rings. The second-order valence-electron chi connectivity index (χ2n) is 5.79. The third-order valence-electron chi connectivity index (χ3n) is 4.47. The van der Waals surface area contributed by atoms with Crippen molar-refractivity contribution in [1.82, 2.24) is 9.88 Å². The molecule has 3 heterocycles. The van der Waals surface area contributed by atoms with Gasteiger partial charge in [0.2, 0.25) is 0 Å². The average molecular weight is 275 g/mol. The third-order valence-corrected chi connectivity index (χ3v) is 4.47. The summed E-state index contributed by atoms with van der Waals surface area (Å²) in [7, 11) is 1.38. The maximum atomic E-state index is 11.5. The monoisotopic (exact) mass is 275 g/mol. The van der Waals surface area contributed by atoms with Crippen LogP contribution in [0.4, 0.5) is 0 Å². The summed E-state index contributed by atoms with van der Waals surface area (Å²) in [6.07, 6.45) is 4.62. The van der Waals surface area contributed by atoms with Crippen molar-refractivity contribution in [2.24, 2.45) is 5.73 Å². The Morgan fingerprint density at radius 3 is 2.75 bits per heavy atom. The first kappa shape index (κ1) is 13.5. The van der Waals surface area contributed by atoms with Crippen molar-refractivity contribution >= 4 is 5.97 Å². The zero-order chi connectivity index (χ0) is 14.1. The molecular formula is C15H21N3O2. The molecule has 1 aromatic rings. The average Bonchev–Trinajstić information content (AvgIpc) is 2.70. The SMILES string of the molecule is COC(=O)c1cccc(CN2C3CCC2CC(N)C3)n1. The van der Waals surface area contributed by atoms with E-state index in [9.17, 15) is 4.79 Å². The molecule has 0 aliphatic carbocycles. The molecule has 0 radical (unpaired) electrons. The summed E-state index contributed by atoms with van der Waals surface area (Å²) in [6.45, 7) is 0.798. The number of carbonyl (C=O) groups excluding carboxylic acids is 1. The van der Waals surface area contributed by atoms with Crippen LogP contribution in [0, 0.1) is 0 Å². The Bertz CT molecular complexity index is 492. The van der Waals surface area contributed by atoms with Crippen molar-refractivity contribution in [3.05, 3.63) is 29.6 Å². The lowest BCUT2D eigenvalue weighted by atomic mass is 9.98. The molecule has 2 unspecified atom stereocenters. The molecule has 2 aliphatic heterocycles. The fourth-order valence-electron chi connectivity index (χ4n) is 3.55. The molecule has 3 rings (SSSR count). The summed E-state index contributed by atoms with van der Waals surface area (Å²) < 4.78 is 4.72. The number of nitrogens with two attached hydrogens (primary N) is 1. The van der Waals surface area contributed by atoms with Gasteiger partial charge in [0.05, 0.1) is 12.8 Å². The van der Waals surface area contributed by atoms with Gasteiger partial charge in [-0.05, 0) is 37.8 Å². The van der Waals surface area contributed by atoms with E-state index in [1.165, 1.54) is 20.0 Å². The maximum Gasteiger partial charge on any atom is 0.356 e. The van der Waals surface area contributed by atoms with Crippen LogP contribution in [0.15, 0.2) is 18.2 Å². The van der Waals surface area contributed by atoms with E-state index in [1.54, 1.807) is 6.07 Å². The van der Waals surface area contributed by atoms with Gasteiger partial charge < -0.3 is 10.5 Å². The van der Waals surface area contributed by atoms with Crippen LogP contribution in [0.2, 0.25) is 0 Å². The number of rotatable bonds is 3. The van der Waals surface area contributed by atoms with E-state index >= 15 is 0 Å². The molecule has 5 nitrogen and oxygen atoms in total. The highest BCUT2D eigenvalue weighted by Gasteiger charge is 2.39. The van der Waals surface area contributed by atoms with Crippen LogP contribution in [0.25, 0.3) is 0 Å². The smallest absolute Gasteiger partial charge is 0.356 e. The van der Waals surface area contributed by atoms with Crippen LogP contribution >= 0.6 is 0 Å². The number of nitrogens with zero attached hydrogens (tertiary/aromatic N) is 2. The molecule has 0 spiro atoms. The van der Waals surface area contributed by atoms with Crippen molar-refractivity contribution in [3.8, 4) is 0 Å². The van der Waals surface area contributed by atoms with Gasteiger partial charge in [0, 0.05) is 24.7 Å². The summed E-state index contributed by atoms with van der Waals surface area (Å²) in [5.74, 6) is -0.379. The van der Waals surface area contributed by atoms with Gasteiger partial charge in [-0.25, -0.2) is 9.78 Å². The number of fused-ring (bicyclic) bond motifs is 2. The van der Waals surface area contributed by atoms with E-state index in [1.807, 2.05) is 12.1 Å². The molecule has 2 N–H and O–H groups in total. The molecule has 0 aromatic carbocycles. The number of piperidine rings is 1. The molecule has 2 bridgehead atoms. The van der Waals surface area contributed by atoms with Crippen LogP contribution in [-0.4, -0.2) is 41.1 Å². The highest BCUT2D eigenvalue weighted by Crippen LogP contribution is 2.35. The van der Waals surface area contributed by atoms with E-state index in [4.69, 9.17) is 10.5 Å². The van der Waals surface area contributed by atoms with Gasteiger partial charge in [-0.1, -0.05) is 6.07 Å². The van der Waals surface area contributed by atoms with E-state index in [-0.39, 0.29) is 5.97 Å². The minimum atomic E-state index is -0.379. The first-order chi connectivity index (χ1) is 9.67. The van der Waals surface area contributed by atoms with Crippen molar-refractivity contribution in [3.63, 3.8) is 0 Å². The molecule has 20 heavy (non-hydrogen) atoms. The lowest BCUT2D eigenvalue weighted by Gasteiger charge is -2.37. The van der Waals surface area contributed by atoms with Gasteiger partial charge in [-0.3, -0.25) is 4.90 Å². The van der Waals surface area contributed by atoms with Crippen LogP contribution in [0.3, 0.4) is 0 Å². The highest BCUT2D eigenvalue weighted by atomic mass is 16.5. The third kappa shape index (κ3) is 2.55. The second-order valence-corrected chi connectivity index (χ2v) is 5.79. The van der Waals surface area contributed by atoms with Gasteiger partial charge in [-0.2, -0.15) is 0 Å². The number of ether oxygens (including phenoxy) is 1. The number of esters is 1. The Morgan fingerprint density at radius 2 is 2.10 bits per heavy atom. The van der Waals surface area contributed by atoms with Crippen LogP contribution < -0.4 is 5.73 Å². The van der Waals surface area contributed by atoms with Crippen molar-refractivity contribution in [2.45, 2.75) is 50.4 Å². The second kappa shape index (κ2) is 5.50. The summed E-state index contributed by atoms with van der Waals surface area (Å²) in [4.78, 5) is 18.4.